The fraction of sp³-hybridized carbons (Fsp3) is 0.476. The molecule has 0 saturated carbocycles. The Kier molecular flexibility index (Phi) is 4.49. The standard InChI is InChI=1S/C21H26N6O/c1-13-17-20(27(26-13)16-5-3-2-4-6-16)24-19(25-21(17)28)18(15-11-23-12-15)14-7-9-22-10-8-14/h2-6,14-15,18,22-23H,7-12H2,1H3,(H,24,25,28). The molecule has 3 aromatic rings. The molecule has 2 aromatic heterocycles. The second-order valence-electron chi connectivity index (χ2n) is 8.01. The van der Waals surface area contributed by atoms with Crippen molar-refractivity contribution in [1.82, 2.24) is 30.4 Å². The van der Waals surface area contributed by atoms with Crippen molar-refractivity contribution < 1.29 is 0 Å². The molecule has 7 nitrogen and oxygen atoms in total. The minimum atomic E-state index is -0.0779. The fourth-order valence-corrected chi connectivity index (χ4v) is 4.71. The first-order valence-electron chi connectivity index (χ1n) is 10.2. The summed E-state index contributed by atoms with van der Waals surface area (Å²) >= 11 is 0. The molecule has 146 valence electrons. The van der Waals surface area contributed by atoms with Gasteiger partial charge in [0.15, 0.2) is 5.65 Å². The summed E-state index contributed by atoms with van der Waals surface area (Å²) in [6.45, 7) is 5.93. The van der Waals surface area contributed by atoms with Crippen LogP contribution in [0.25, 0.3) is 16.7 Å². The number of aromatic nitrogens is 4. The molecule has 1 aromatic carbocycles. The number of rotatable bonds is 4. The van der Waals surface area contributed by atoms with E-state index in [-0.39, 0.29) is 11.5 Å². The van der Waals surface area contributed by atoms with Crippen LogP contribution in [0.2, 0.25) is 0 Å². The molecular weight excluding hydrogens is 352 g/mol. The van der Waals surface area contributed by atoms with Gasteiger partial charge in [-0.2, -0.15) is 5.10 Å². The Labute approximate surface area is 163 Å². The number of hydrogen-bond donors (Lipinski definition) is 3. The van der Waals surface area contributed by atoms with Gasteiger partial charge in [-0.15, -0.1) is 0 Å². The van der Waals surface area contributed by atoms with Gasteiger partial charge >= 0.3 is 0 Å². The highest BCUT2D eigenvalue weighted by atomic mass is 16.1. The minimum absolute atomic E-state index is 0.0779. The average Bonchev–Trinajstić information content (AvgIpc) is 3.03. The summed E-state index contributed by atoms with van der Waals surface area (Å²) in [5, 5.41) is 12.1. The number of aryl methyl sites for hydroxylation is 1. The van der Waals surface area contributed by atoms with E-state index in [9.17, 15) is 4.79 Å². The smallest absolute Gasteiger partial charge is 0.262 e. The highest BCUT2D eigenvalue weighted by Gasteiger charge is 2.37. The van der Waals surface area contributed by atoms with Crippen LogP contribution in [-0.2, 0) is 0 Å². The molecule has 2 aliphatic heterocycles. The molecule has 7 heteroatoms. The first-order chi connectivity index (χ1) is 13.7. The molecule has 4 heterocycles. The van der Waals surface area contributed by atoms with Crippen LogP contribution in [0, 0.1) is 18.8 Å². The van der Waals surface area contributed by atoms with Crippen molar-refractivity contribution in [2.45, 2.75) is 25.7 Å². The van der Waals surface area contributed by atoms with Gasteiger partial charge in [0.05, 0.1) is 11.4 Å². The van der Waals surface area contributed by atoms with E-state index in [1.165, 1.54) is 0 Å². The zero-order chi connectivity index (χ0) is 19.1. The van der Waals surface area contributed by atoms with E-state index in [2.05, 4.69) is 20.7 Å². The molecule has 1 atom stereocenters. The number of H-pyrrole nitrogens is 1. The highest BCUT2D eigenvalue weighted by molar-refractivity contribution is 5.78. The van der Waals surface area contributed by atoms with Gasteiger partial charge in [-0.05, 0) is 69.9 Å². The maximum absolute atomic E-state index is 13.0. The van der Waals surface area contributed by atoms with E-state index >= 15 is 0 Å². The molecule has 28 heavy (non-hydrogen) atoms. The van der Waals surface area contributed by atoms with Crippen molar-refractivity contribution in [3.8, 4) is 5.69 Å². The van der Waals surface area contributed by atoms with Gasteiger partial charge in [0.1, 0.15) is 11.2 Å². The van der Waals surface area contributed by atoms with Crippen molar-refractivity contribution in [3.05, 3.63) is 52.2 Å². The van der Waals surface area contributed by atoms with Gasteiger partial charge in [0, 0.05) is 5.92 Å². The highest BCUT2D eigenvalue weighted by Crippen LogP contribution is 2.37. The van der Waals surface area contributed by atoms with E-state index in [0.717, 1.165) is 50.5 Å². The second-order valence-corrected chi connectivity index (χ2v) is 8.01. The zero-order valence-corrected chi connectivity index (χ0v) is 16.1. The molecule has 2 aliphatic rings. The maximum Gasteiger partial charge on any atom is 0.262 e. The Hall–Kier alpha value is -2.51. The Morgan fingerprint density at radius 3 is 2.50 bits per heavy atom. The van der Waals surface area contributed by atoms with E-state index in [4.69, 9.17) is 4.98 Å². The molecular formula is C21H26N6O. The van der Waals surface area contributed by atoms with Crippen LogP contribution >= 0.6 is 0 Å². The predicted octanol–water partition coefficient (Wildman–Crippen LogP) is 1.72. The molecule has 2 fully saturated rings. The Bertz CT molecular complexity index is 1030. The summed E-state index contributed by atoms with van der Waals surface area (Å²) in [7, 11) is 0. The number of benzene rings is 1. The quantitative estimate of drug-likeness (QED) is 0.643. The summed E-state index contributed by atoms with van der Waals surface area (Å²) in [5.74, 6) is 2.17. The number of aromatic amines is 1. The Balaban J connectivity index is 1.65. The Morgan fingerprint density at radius 2 is 1.82 bits per heavy atom. The van der Waals surface area contributed by atoms with Gasteiger partial charge in [-0.1, -0.05) is 18.2 Å². The largest absolute Gasteiger partial charge is 0.317 e. The van der Waals surface area contributed by atoms with Crippen LogP contribution in [0.5, 0.6) is 0 Å². The van der Waals surface area contributed by atoms with Crippen LogP contribution in [-0.4, -0.2) is 45.9 Å². The SMILES string of the molecule is Cc1nn(-c2ccccc2)c2nc(C(C3CCNCC3)C3CNC3)[nH]c(=O)c12. The van der Waals surface area contributed by atoms with Crippen LogP contribution in [0.3, 0.4) is 0 Å². The summed E-state index contributed by atoms with van der Waals surface area (Å²) in [4.78, 5) is 21.1. The zero-order valence-electron chi connectivity index (χ0n) is 16.1. The number of para-hydroxylation sites is 1. The van der Waals surface area contributed by atoms with Crippen molar-refractivity contribution in [1.29, 1.82) is 0 Å². The molecule has 3 N–H and O–H groups in total. The van der Waals surface area contributed by atoms with Gasteiger partial charge in [0.2, 0.25) is 0 Å². The van der Waals surface area contributed by atoms with Crippen LogP contribution in [0.15, 0.2) is 35.1 Å². The summed E-state index contributed by atoms with van der Waals surface area (Å²) in [6, 6.07) is 9.92. The third kappa shape index (κ3) is 2.95. The normalized spacial score (nSPS) is 19.6. The molecule has 0 bridgehead atoms. The minimum Gasteiger partial charge on any atom is -0.317 e. The maximum atomic E-state index is 13.0. The van der Waals surface area contributed by atoms with Gasteiger partial charge in [-0.25, -0.2) is 9.67 Å². The monoisotopic (exact) mass is 378 g/mol. The molecule has 2 saturated heterocycles. The van der Waals surface area contributed by atoms with E-state index < -0.39 is 0 Å². The number of fused-ring (bicyclic) bond motifs is 1. The average molecular weight is 378 g/mol. The number of nitrogens with zero attached hydrogens (tertiary/aromatic N) is 3. The summed E-state index contributed by atoms with van der Waals surface area (Å²) in [6.07, 6.45) is 2.25. The van der Waals surface area contributed by atoms with Gasteiger partial charge in [-0.3, -0.25) is 4.79 Å². The predicted molar refractivity (Wildman–Crippen MR) is 109 cm³/mol. The van der Waals surface area contributed by atoms with Crippen LogP contribution in [0.4, 0.5) is 0 Å². The first-order valence-corrected chi connectivity index (χ1v) is 10.2. The molecule has 0 spiro atoms. The Morgan fingerprint density at radius 1 is 1.07 bits per heavy atom. The summed E-state index contributed by atoms with van der Waals surface area (Å²) < 4.78 is 1.81. The van der Waals surface area contributed by atoms with Crippen LogP contribution < -0.4 is 16.2 Å². The van der Waals surface area contributed by atoms with E-state index in [1.807, 2.05) is 41.9 Å². The van der Waals surface area contributed by atoms with Crippen molar-refractivity contribution in [2.75, 3.05) is 26.2 Å². The molecule has 0 amide bonds. The van der Waals surface area contributed by atoms with Gasteiger partial charge in [0.25, 0.3) is 5.56 Å². The van der Waals surface area contributed by atoms with E-state index in [0.29, 0.717) is 28.6 Å². The number of hydrogen-bond acceptors (Lipinski definition) is 5. The topological polar surface area (TPSA) is 87.6 Å². The van der Waals surface area contributed by atoms with Crippen molar-refractivity contribution in [3.63, 3.8) is 0 Å². The lowest BCUT2D eigenvalue weighted by Gasteiger charge is -2.40. The lowest BCUT2D eigenvalue weighted by atomic mass is 9.74. The lowest BCUT2D eigenvalue weighted by Crippen LogP contribution is -2.49. The van der Waals surface area contributed by atoms with E-state index in [1.54, 1.807) is 0 Å². The first kappa shape index (κ1) is 17.6. The molecule has 0 aliphatic carbocycles. The van der Waals surface area contributed by atoms with Crippen LogP contribution in [0.1, 0.15) is 30.3 Å². The lowest BCUT2D eigenvalue weighted by molar-refractivity contribution is 0.191. The molecule has 5 rings (SSSR count). The fourth-order valence-electron chi connectivity index (χ4n) is 4.71. The van der Waals surface area contributed by atoms with Crippen molar-refractivity contribution >= 4 is 11.0 Å². The van der Waals surface area contributed by atoms with Gasteiger partial charge < -0.3 is 15.6 Å². The third-order valence-corrected chi connectivity index (χ3v) is 6.26. The number of piperidine rings is 1. The van der Waals surface area contributed by atoms with Crippen molar-refractivity contribution in [2.24, 2.45) is 11.8 Å². The second kappa shape index (κ2) is 7.14. The third-order valence-electron chi connectivity index (χ3n) is 6.26. The summed E-state index contributed by atoms with van der Waals surface area (Å²) in [5.41, 5.74) is 2.22. The number of nitrogens with one attached hydrogen (secondary N) is 3. The molecule has 1 unspecified atom stereocenters. The molecule has 0 radical (unpaired) electrons.